The van der Waals surface area contributed by atoms with E-state index in [1.54, 1.807) is 7.11 Å². The van der Waals surface area contributed by atoms with Crippen LogP contribution in [0.1, 0.15) is 29.7 Å². The van der Waals surface area contributed by atoms with Crippen LogP contribution in [0.15, 0.2) is 42.5 Å². The molecule has 0 aliphatic carbocycles. The molecule has 2 aromatic carbocycles. The van der Waals surface area contributed by atoms with Gasteiger partial charge in [-0.2, -0.15) is 0 Å². The summed E-state index contributed by atoms with van der Waals surface area (Å²) in [5, 5.41) is 13.5. The summed E-state index contributed by atoms with van der Waals surface area (Å²) in [6.45, 7) is 5.74. The largest absolute Gasteiger partial charge is 0.493 e. The predicted molar refractivity (Wildman–Crippen MR) is 92.0 cm³/mol. The molecule has 4 nitrogen and oxygen atoms in total. The number of aliphatic hydroxyl groups is 1. The number of methoxy groups -OCH3 is 1. The van der Waals surface area contributed by atoms with E-state index in [9.17, 15) is 5.11 Å². The van der Waals surface area contributed by atoms with Gasteiger partial charge in [0.05, 0.1) is 19.8 Å². The molecule has 0 fully saturated rings. The van der Waals surface area contributed by atoms with Crippen molar-refractivity contribution in [1.82, 2.24) is 5.32 Å². The summed E-state index contributed by atoms with van der Waals surface area (Å²) in [4.78, 5) is 0. The number of benzene rings is 2. The minimum absolute atomic E-state index is 0.499. The first-order valence-electron chi connectivity index (χ1n) is 7.89. The maximum atomic E-state index is 10.2. The zero-order valence-electron chi connectivity index (χ0n) is 14.0. The van der Waals surface area contributed by atoms with Crippen LogP contribution in [0.2, 0.25) is 0 Å². The smallest absolute Gasteiger partial charge is 0.161 e. The fourth-order valence-corrected chi connectivity index (χ4v) is 2.36. The number of ether oxygens (including phenoxy) is 2. The maximum absolute atomic E-state index is 10.2. The van der Waals surface area contributed by atoms with Gasteiger partial charge in [-0.25, -0.2) is 0 Å². The molecular formula is C19H25NO3. The van der Waals surface area contributed by atoms with Gasteiger partial charge < -0.3 is 19.9 Å². The molecule has 0 aliphatic rings. The average Bonchev–Trinajstić information content (AvgIpc) is 2.56. The predicted octanol–water partition coefficient (Wildman–Crippen LogP) is 3.23. The standard InChI is InChI=1S/C19H25NO3/c1-4-23-19-11-15(7-10-18(19)22-3)12-20-13-17(21)16-8-5-14(2)6-9-16/h5-11,17,20-21H,4,12-13H2,1-3H3. The van der Waals surface area contributed by atoms with Crippen molar-refractivity contribution in [1.29, 1.82) is 0 Å². The second-order valence-electron chi connectivity index (χ2n) is 5.48. The second-order valence-corrected chi connectivity index (χ2v) is 5.48. The Hall–Kier alpha value is -2.04. The highest BCUT2D eigenvalue weighted by Crippen LogP contribution is 2.28. The Morgan fingerprint density at radius 1 is 1.09 bits per heavy atom. The molecule has 2 aromatic rings. The summed E-state index contributed by atoms with van der Waals surface area (Å²) in [6.07, 6.45) is -0.514. The van der Waals surface area contributed by atoms with Crippen molar-refractivity contribution in [3.8, 4) is 11.5 Å². The molecule has 2 N–H and O–H groups in total. The number of nitrogens with one attached hydrogen (secondary N) is 1. The number of aliphatic hydroxyl groups excluding tert-OH is 1. The number of hydrogen-bond donors (Lipinski definition) is 2. The summed E-state index contributed by atoms with van der Waals surface area (Å²) >= 11 is 0. The quantitative estimate of drug-likeness (QED) is 0.785. The third-order valence-corrected chi connectivity index (χ3v) is 3.66. The Morgan fingerprint density at radius 3 is 2.48 bits per heavy atom. The fraction of sp³-hybridized carbons (Fsp3) is 0.368. The number of hydrogen-bond acceptors (Lipinski definition) is 4. The van der Waals surface area contributed by atoms with Crippen LogP contribution >= 0.6 is 0 Å². The van der Waals surface area contributed by atoms with Gasteiger partial charge in [0, 0.05) is 13.1 Å². The minimum atomic E-state index is -0.514. The molecule has 1 unspecified atom stereocenters. The molecule has 4 heteroatoms. The van der Waals surface area contributed by atoms with E-state index >= 15 is 0 Å². The van der Waals surface area contributed by atoms with Crippen LogP contribution in [0, 0.1) is 6.92 Å². The third-order valence-electron chi connectivity index (χ3n) is 3.66. The molecule has 23 heavy (non-hydrogen) atoms. The van der Waals surface area contributed by atoms with Crippen LogP contribution < -0.4 is 14.8 Å². The Labute approximate surface area is 138 Å². The van der Waals surface area contributed by atoms with Gasteiger partial charge in [0.2, 0.25) is 0 Å². The molecule has 2 rings (SSSR count). The van der Waals surface area contributed by atoms with Crippen LogP contribution in [0.25, 0.3) is 0 Å². The minimum Gasteiger partial charge on any atom is -0.493 e. The lowest BCUT2D eigenvalue weighted by Crippen LogP contribution is -2.21. The van der Waals surface area contributed by atoms with Crippen molar-refractivity contribution in [3.63, 3.8) is 0 Å². The van der Waals surface area contributed by atoms with Crippen molar-refractivity contribution in [3.05, 3.63) is 59.2 Å². The molecule has 0 saturated heterocycles. The van der Waals surface area contributed by atoms with E-state index in [0.29, 0.717) is 19.7 Å². The van der Waals surface area contributed by atoms with Gasteiger partial charge in [-0.15, -0.1) is 0 Å². The summed E-state index contributed by atoms with van der Waals surface area (Å²) in [5.41, 5.74) is 3.20. The van der Waals surface area contributed by atoms with Crippen LogP contribution in [-0.2, 0) is 6.54 Å². The van der Waals surface area contributed by atoms with Crippen molar-refractivity contribution in [2.75, 3.05) is 20.3 Å². The van der Waals surface area contributed by atoms with Gasteiger partial charge >= 0.3 is 0 Å². The van der Waals surface area contributed by atoms with Crippen molar-refractivity contribution in [2.45, 2.75) is 26.5 Å². The summed E-state index contributed by atoms with van der Waals surface area (Å²) in [7, 11) is 1.63. The highest BCUT2D eigenvalue weighted by molar-refractivity contribution is 5.42. The fourth-order valence-electron chi connectivity index (χ4n) is 2.36. The van der Waals surface area contributed by atoms with E-state index in [0.717, 1.165) is 22.6 Å². The molecule has 0 amide bonds. The SMILES string of the molecule is CCOc1cc(CNCC(O)c2ccc(C)cc2)ccc1OC. The molecule has 0 spiro atoms. The highest BCUT2D eigenvalue weighted by Gasteiger charge is 2.08. The maximum Gasteiger partial charge on any atom is 0.161 e. The van der Waals surface area contributed by atoms with E-state index in [-0.39, 0.29) is 0 Å². The monoisotopic (exact) mass is 315 g/mol. The van der Waals surface area contributed by atoms with Crippen molar-refractivity contribution in [2.24, 2.45) is 0 Å². The van der Waals surface area contributed by atoms with Crippen LogP contribution in [0.4, 0.5) is 0 Å². The van der Waals surface area contributed by atoms with Gasteiger partial charge in [-0.1, -0.05) is 35.9 Å². The first-order valence-corrected chi connectivity index (χ1v) is 7.89. The van der Waals surface area contributed by atoms with Crippen molar-refractivity contribution < 1.29 is 14.6 Å². The molecular weight excluding hydrogens is 290 g/mol. The van der Waals surface area contributed by atoms with Gasteiger partial charge in [0.1, 0.15) is 0 Å². The van der Waals surface area contributed by atoms with E-state index < -0.39 is 6.10 Å². The second kappa shape index (κ2) is 8.56. The highest BCUT2D eigenvalue weighted by atomic mass is 16.5. The van der Waals surface area contributed by atoms with Crippen molar-refractivity contribution >= 4 is 0 Å². The van der Waals surface area contributed by atoms with Gasteiger partial charge in [-0.05, 0) is 37.1 Å². The van der Waals surface area contributed by atoms with Crippen LogP contribution in [0.5, 0.6) is 11.5 Å². The molecule has 0 saturated carbocycles. The Balaban J connectivity index is 1.90. The lowest BCUT2D eigenvalue weighted by atomic mass is 10.1. The zero-order chi connectivity index (χ0) is 16.7. The Kier molecular flexibility index (Phi) is 6.44. The first-order chi connectivity index (χ1) is 11.1. The van der Waals surface area contributed by atoms with Crippen LogP contribution in [0.3, 0.4) is 0 Å². The lowest BCUT2D eigenvalue weighted by molar-refractivity contribution is 0.174. The number of aryl methyl sites for hydroxylation is 1. The van der Waals surface area contributed by atoms with Gasteiger partial charge in [0.25, 0.3) is 0 Å². The molecule has 0 aromatic heterocycles. The Bertz CT molecular complexity index is 611. The van der Waals surface area contributed by atoms with E-state index in [4.69, 9.17) is 9.47 Å². The third kappa shape index (κ3) is 4.98. The van der Waals surface area contributed by atoms with E-state index in [1.165, 1.54) is 5.56 Å². The molecule has 0 radical (unpaired) electrons. The topological polar surface area (TPSA) is 50.7 Å². The first kappa shape index (κ1) is 17.3. The van der Waals surface area contributed by atoms with E-state index in [2.05, 4.69) is 5.32 Å². The molecule has 124 valence electrons. The van der Waals surface area contributed by atoms with Gasteiger partial charge in [-0.3, -0.25) is 0 Å². The summed E-state index contributed by atoms with van der Waals surface area (Å²) in [5.74, 6) is 1.48. The Morgan fingerprint density at radius 2 is 1.83 bits per heavy atom. The summed E-state index contributed by atoms with van der Waals surface area (Å²) in [6, 6.07) is 13.8. The molecule has 0 aliphatic heterocycles. The molecule has 1 atom stereocenters. The lowest BCUT2D eigenvalue weighted by Gasteiger charge is -2.14. The zero-order valence-corrected chi connectivity index (χ0v) is 14.0. The van der Waals surface area contributed by atoms with E-state index in [1.807, 2.05) is 56.3 Å². The molecule has 0 bridgehead atoms. The van der Waals surface area contributed by atoms with Crippen LogP contribution in [-0.4, -0.2) is 25.4 Å². The number of rotatable bonds is 8. The summed E-state index contributed by atoms with van der Waals surface area (Å²) < 4.78 is 10.9. The normalized spacial score (nSPS) is 12.0. The molecule has 0 heterocycles. The average molecular weight is 315 g/mol. The van der Waals surface area contributed by atoms with Gasteiger partial charge in [0.15, 0.2) is 11.5 Å².